The first-order valence-electron chi connectivity index (χ1n) is 6.37. The number of amides is 1. The van der Waals surface area contributed by atoms with Gasteiger partial charge in [-0.05, 0) is 24.6 Å². The topological polar surface area (TPSA) is 47.6 Å². The summed E-state index contributed by atoms with van der Waals surface area (Å²) in [6.07, 6.45) is 0. The Morgan fingerprint density at radius 3 is 2.68 bits per heavy atom. The number of ether oxygens (including phenoxy) is 2. The van der Waals surface area contributed by atoms with Crippen LogP contribution in [0.3, 0.4) is 0 Å². The fourth-order valence-electron chi connectivity index (χ4n) is 1.84. The molecule has 2 atom stereocenters. The lowest BCUT2D eigenvalue weighted by atomic mass is 10.1. The molecule has 1 N–H and O–H groups in total. The molecule has 2 rings (SSSR count). The van der Waals surface area contributed by atoms with E-state index in [1.54, 1.807) is 6.92 Å². The lowest BCUT2D eigenvalue weighted by Crippen LogP contribution is -2.32. The minimum Gasteiger partial charge on any atom is -0.486 e. The van der Waals surface area contributed by atoms with Crippen molar-refractivity contribution in [1.82, 2.24) is 5.32 Å². The van der Waals surface area contributed by atoms with Crippen LogP contribution < -0.4 is 14.8 Å². The fourth-order valence-corrected chi connectivity index (χ4v) is 1.98. The van der Waals surface area contributed by atoms with Crippen molar-refractivity contribution in [2.75, 3.05) is 19.1 Å². The maximum atomic E-state index is 11.8. The molecule has 1 heterocycles. The lowest BCUT2D eigenvalue weighted by Gasteiger charge is -2.21. The number of carbonyl (C=O) groups excluding carboxylic acids is 1. The summed E-state index contributed by atoms with van der Waals surface area (Å²) >= 11 is 5.67. The summed E-state index contributed by atoms with van der Waals surface area (Å²) in [6, 6.07) is 5.63. The van der Waals surface area contributed by atoms with Crippen LogP contribution in [0.4, 0.5) is 0 Å². The summed E-state index contributed by atoms with van der Waals surface area (Å²) in [6.45, 7) is 4.87. The third-order valence-corrected chi connectivity index (χ3v) is 3.57. The quantitative estimate of drug-likeness (QED) is 0.864. The second-order valence-electron chi connectivity index (χ2n) is 4.69. The van der Waals surface area contributed by atoms with Crippen LogP contribution in [-0.2, 0) is 4.79 Å². The van der Waals surface area contributed by atoms with Gasteiger partial charge in [-0.25, -0.2) is 0 Å². The summed E-state index contributed by atoms with van der Waals surface area (Å²) in [4.78, 5) is 11.8. The molecule has 0 aromatic heterocycles. The van der Waals surface area contributed by atoms with Crippen LogP contribution in [0, 0.1) is 5.92 Å². The highest BCUT2D eigenvalue weighted by Crippen LogP contribution is 2.32. The molecular formula is C14H18ClNO3. The van der Waals surface area contributed by atoms with E-state index in [4.69, 9.17) is 21.1 Å². The third kappa shape index (κ3) is 3.32. The van der Waals surface area contributed by atoms with E-state index in [0.717, 1.165) is 17.1 Å². The number of hydrogen-bond donors (Lipinski definition) is 1. The van der Waals surface area contributed by atoms with Crippen molar-refractivity contribution in [1.29, 1.82) is 0 Å². The molecular weight excluding hydrogens is 266 g/mol. The van der Waals surface area contributed by atoms with Crippen molar-refractivity contribution in [3.8, 4) is 11.5 Å². The van der Waals surface area contributed by atoms with E-state index < -0.39 is 0 Å². The molecule has 104 valence electrons. The largest absolute Gasteiger partial charge is 0.486 e. The van der Waals surface area contributed by atoms with E-state index in [1.807, 2.05) is 25.1 Å². The normalized spacial score (nSPS) is 16.6. The Labute approximate surface area is 118 Å². The van der Waals surface area contributed by atoms with Crippen LogP contribution in [0.1, 0.15) is 25.5 Å². The van der Waals surface area contributed by atoms with Crippen LogP contribution in [0.5, 0.6) is 11.5 Å². The number of carbonyl (C=O) groups is 1. The summed E-state index contributed by atoms with van der Waals surface area (Å²) < 4.78 is 11.0. The first-order valence-corrected chi connectivity index (χ1v) is 6.91. The Morgan fingerprint density at radius 2 is 2.00 bits per heavy atom. The SMILES string of the molecule is CC(CCl)C(=O)NC(C)c1ccc2c(c1)OCCO2. The maximum Gasteiger partial charge on any atom is 0.224 e. The first kappa shape index (κ1) is 14.0. The van der Waals surface area contributed by atoms with Gasteiger partial charge in [0.2, 0.25) is 5.91 Å². The Hall–Kier alpha value is -1.42. The molecule has 1 aromatic rings. The molecule has 1 aliphatic heterocycles. The highest BCUT2D eigenvalue weighted by atomic mass is 35.5. The van der Waals surface area contributed by atoms with Gasteiger partial charge in [0.25, 0.3) is 0 Å². The predicted molar refractivity (Wildman–Crippen MR) is 73.9 cm³/mol. The molecule has 19 heavy (non-hydrogen) atoms. The molecule has 0 fully saturated rings. The van der Waals surface area contributed by atoms with Gasteiger partial charge in [0.05, 0.1) is 6.04 Å². The van der Waals surface area contributed by atoms with Crippen molar-refractivity contribution >= 4 is 17.5 Å². The van der Waals surface area contributed by atoms with Gasteiger partial charge in [-0.3, -0.25) is 4.79 Å². The van der Waals surface area contributed by atoms with Gasteiger partial charge < -0.3 is 14.8 Å². The van der Waals surface area contributed by atoms with Crippen molar-refractivity contribution in [3.63, 3.8) is 0 Å². The average molecular weight is 284 g/mol. The smallest absolute Gasteiger partial charge is 0.224 e. The molecule has 0 aliphatic carbocycles. The van der Waals surface area contributed by atoms with E-state index >= 15 is 0 Å². The number of nitrogens with one attached hydrogen (secondary N) is 1. The molecule has 0 saturated heterocycles. The van der Waals surface area contributed by atoms with Crippen LogP contribution in [0.15, 0.2) is 18.2 Å². The molecule has 1 aliphatic rings. The number of hydrogen-bond acceptors (Lipinski definition) is 3. The number of halogens is 1. The van der Waals surface area contributed by atoms with Gasteiger partial charge in [0, 0.05) is 11.8 Å². The van der Waals surface area contributed by atoms with Crippen LogP contribution in [-0.4, -0.2) is 25.0 Å². The van der Waals surface area contributed by atoms with E-state index in [-0.39, 0.29) is 17.9 Å². The van der Waals surface area contributed by atoms with Crippen molar-refractivity contribution in [2.24, 2.45) is 5.92 Å². The molecule has 0 radical (unpaired) electrons. The second kappa shape index (κ2) is 6.15. The molecule has 2 unspecified atom stereocenters. The van der Waals surface area contributed by atoms with Gasteiger partial charge in [0.15, 0.2) is 11.5 Å². The van der Waals surface area contributed by atoms with E-state index in [0.29, 0.717) is 19.1 Å². The fraction of sp³-hybridized carbons (Fsp3) is 0.500. The molecule has 0 bridgehead atoms. The Bertz CT molecular complexity index is 464. The average Bonchev–Trinajstić information content (AvgIpc) is 2.45. The van der Waals surface area contributed by atoms with E-state index in [9.17, 15) is 4.79 Å². The zero-order valence-electron chi connectivity index (χ0n) is 11.1. The van der Waals surface area contributed by atoms with Crippen LogP contribution in [0.2, 0.25) is 0 Å². The second-order valence-corrected chi connectivity index (χ2v) is 5.00. The zero-order valence-corrected chi connectivity index (χ0v) is 11.9. The predicted octanol–water partition coefficient (Wildman–Crippen LogP) is 2.51. The Morgan fingerprint density at radius 1 is 1.32 bits per heavy atom. The van der Waals surface area contributed by atoms with E-state index in [1.165, 1.54) is 0 Å². The molecule has 5 heteroatoms. The minimum atomic E-state index is -0.193. The summed E-state index contributed by atoms with van der Waals surface area (Å²) in [5.74, 6) is 1.57. The monoisotopic (exact) mass is 283 g/mol. The number of rotatable bonds is 4. The highest BCUT2D eigenvalue weighted by molar-refractivity contribution is 6.19. The summed E-state index contributed by atoms with van der Waals surface area (Å²) in [5, 5.41) is 2.93. The standard InChI is InChI=1S/C14H18ClNO3/c1-9(8-15)14(17)16-10(2)11-3-4-12-13(7-11)19-6-5-18-12/h3-4,7,9-10H,5-6,8H2,1-2H3,(H,16,17). The number of benzene rings is 1. The first-order chi connectivity index (χ1) is 9.11. The Balaban J connectivity index is 2.07. The van der Waals surface area contributed by atoms with Crippen molar-refractivity contribution < 1.29 is 14.3 Å². The van der Waals surface area contributed by atoms with Gasteiger partial charge in [0.1, 0.15) is 13.2 Å². The molecule has 1 aromatic carbocycles. The number of alkyl halides is 1. The van der Waals surface area contributed by atoms with Crippen LogP contribution >= 0.6 is 11.6 Å². The van der Waals surface area contributed by atoms with Gasteiger partial charge in [-0.2, -0.15) is 0 Å². The van der Waals surface area contributed by atoms with Gasteiger partial charge in [-0.15, -0.1) is 11.6 Å². The number of fused-ring (bicyclic) bond motifs is 1. The minimum absolute atomic E-state index is 0.0441. The highest BCUT2D eigenvalue weighted by Gasteiger charge is 2.18. The lowest BCUT2D eigenvalue weighted by molar-refractivity contribution is -0.124. The molecule has 0 spiro atoms. The van der Waals surface area contributed by atoms with Gasteiger partial charge in [-0.1, -0.05) is 13.0 Å². The third-order valence-electron chi connectivity index (χ3n) is 3.10. The van der Waals surface area contributed by atoms with Crippen molar-refractivity contribution in [3.05, 3.63) is 23.8 Å². The van der Waals surface area contributed by atoms with Gasteiger partial charge >= 0.3 is 0 Å². The molecule has 0 saturated carbocycles. The van der Waals surface area contributed by atoms with Crippen LogP contribution in [0.25, 0.3) is 0 Å². The summed E-state index contributed by atoms with van der Waals surface area (Å²) in [5.41, 5.74) is 0.986. The van der Waals surface area contributed by atoms with Crippen molar-refractivity contribution in [2.45, 2.75) is 19.9 Å². The maximum absolute atomic E-state index is 11.8. The molecule has 1 amide bonds. The van der Waals surface area contributed by atoms with E-state index in [2.05, 4.69) is 5.32 Å². The summed E-state index contributed by atoms with van der Waals surface area (Å²) in [7, 11) is 0. The molecule has 4 nitrogen and oxygen atoms in total. The zero-order chi connectivity index (χ0) is 13.8. The Kier molecular flexibility index (Phi) is 4.53.